The quantitative estimate of drug-likeness (QED) is 0.426. The van der Waals surface area contributed by atoms with Gasteiger partial charge in [0, 0.05) is 17.2 Å². The molecular formula is C26H24O4. The molecule has 0 N–H and O–H groups in total. The van der Waals surface area contributed by atoms with E-state index in [0.29, 0.717) is 29.2 Å². The van der Waals surface area contributed by atoms with Gasteiger partial charge in [-0.05, 0) is 48.7 Å². The van der Waals surface area contributed by atoms with E-state index in [1.54, 1.807) is 19.2 Å². The predicted molar refractivity (Wildman–Crippen MR) is 118 cm³/mol. The summed E-state index contributed by atoms with van der Waals surface area (Å²) in [7, 11) is 3.08. The summed E-state index contributed by atoms with van der Waals surface area (Å²) in [6.07, 6.45) is 0.749. The fraction of sp³-hybridized carbons (Fsp3) is 0.192. The summed E-state index contributed by atoms with van der Waals surface area (Å²) < 4.78 is 16.6. The van der Waals surface area contributed by atoms with Crippen molar-refractivity contribution >= 4 is 6.29 Å². The minimum absolute atomic E-state index is 0.405. The van der Waals surface area contributed by atoms with Crippen LogP contribution >= 0.6 is 0 Å². The molecule has 0 saturated heterocycles. The van der Waals surface area contributed by atoms with Crippen molar-refractivity contribution in [1.82, 2.24) is 0 Å². The van der Waals surface area contributed by atoms with Crippen LogP contribution in [0, 0.1) is 25.7 Å². The molecule has 152 valence electrons. The highest BCUT2D eigenvalue weighted by Crippen LogP contribution is 2.28. The van der Waals surface area contributed by atoms with Crippen molar-refractivity contribution in [2.75, 3.05) is 14.2 Å². The average molecular weight is 400 g/mol. The number of rotatable bonds is 6. The van der Waals surface area contributed by atoms with Crippen molar-refractivity contribution < 1.29 is 19.0 Å². The topological polar surface area (TPSA) is 44.8 Å². The Labute approximate surface area is 177 Å². The van der Waals surface area contributed by atoms with E-state index >= 15 is 0 Å². The molecule has 0 amide bonds. The van der Waals surface area contributed by atoms with Gasteiger partial charge < -0.3 is 14.2 Å². The normalized spacial score (nSPS) is 10.0. The minimum atomic E-state index is 0.405. The Hall–Kier alpha value is -3.71. The van der Waals surface area contributed by atoms with Gasteiger partial charge in [0.1, 0.15) is 23.9 Å². The maximum Gasteiger partial charge on any atom is 0.155 e. The molecule has 0 fully saturated rings. The van der Waals surface area contributed by atoms with Gasteiger partial charge in [-0.1, -0.05) is 42.2 Å². The van der Waals surface area contributed by atoms with E-state index in [1.165, 1.54) is 7.11 Å². The lowest BCUT2D eigenvalue weighted by atomic mass is 10.0. The molecule has 0 saturated carbocycles. The van der Waals surface area contributed by atoms with Crippen molar-refractivity contribution in [3.8, 4) is 29.1 Å². The van der Waals surface area contributed by atoms with E-state index in [2.05, 4.69) is 11.8 Å². The van der Waals surface area contributed by atoms with Crippen LogP contribution in [0.1, 0.15) is 38.2 Å². The first-order valence-corrected chi connectivity index (χ1v) is 9.57. The molecule has 0 heterocycles. The Morgan fingerprint density at radius 3 is 2.20 bits per heavy atom. The molecule has 4 nitrogen and oxygen atoms in total. The van der Waals surface area contributed by atoms with Gasteiger partial charge >= 0.3 is 0 Å². The molecule has 0 aliphatic carbocycles. The molecule has 0 spiro atoms. The van der Waals surface area contributed by atoms with Gasteiger partial charge in [0.05, 0.1) is 19.8 Å². The van der Waals surface area contributed by atoms with E-state index in [-0.39, 0.29) is 0 Å². The summed E-state index contributed by atoms with van der Waals surface area (Å²) in [5.41, 5.74) is 4.94. The highest BCUT2D eigenvalue weighted by Gasteiger charge is 2.11. The molecule has 3 rings (SSSR count). The Morgan fingerprint density at radius 1 is 0.900 bits per heavy atom. The SMILES string of the molecule is COc1cc(C#Cc2cc(C)c(OCc3ccccc3)c(C)c2)c(C=O)c(OC)c1. The highest BCUT2D eigenvalue weighted by atomic mass is 16.5. The lowest BCUT2D eigenvalue weighted by molar-refractivity contribution is 0.112. The number of ether oxygens (including phenoxy) is 3. The number of carbonyl (C=O) groups excluding carboxylic acids is 1. The molecule has 0 aliphatic heterocycles. The zero-order valence-electron chi connectivity index (χ0n) is 17.6. The Morgan fingerprint density at radius 2 is 1.60 bits per heavy atom. The smallest absolute Gasteiger partial charge is 0.155 e. The van der Waals surface area contributed by atoms with Gasteiger partial charge in [0.25, 0.3) is 0 Å². The van der Waals surface area contributed by atoms with Gasteiger partial charge in [-0.25, -0.2) is 0 Å². The van der Waals surface area contributed by atoms with Crippen LogP contribution in [0.4, 0.5) is 0 Å². The number of hydrogen-bond donors (Lipinski definition) is 0. The van der Waals surface area contributed by atoms with Crippen LogP contribution in [-0.2, 0) is 6.61 Å². The zero-order valence-corrected chi connectivity index (χ0v) is 17.6. The van der Waals surface area contributed by atoms with Crippen LogP contribution in [0.5, 0.6) is 17.2 Å². The van der Waals surface area contributed by atoms with Crippen LogP contribution < -0.4 is 14.2 Å². The number of benzene rings is 3. The third-order valence-corrected chi connectivity index (χ3v) is 4.72. The molecular weight excluding hydrogens is 376 g/mol. The second-order valence-corrected chi connectivity index (χ2v) is 6.87. The Kier molecular flexibility index (Phi) is 6.77. The fourth-order valence-electron chi connectivity index (χ4n) is 3.23. The third kappa shape index (κ3) is 4.82. The summed E-state index contributed by atoms with van der Waals surface area (Å²) in [6.45, 7) is 4.52. The molecule has 0 aromatic heterocycles. The second-order valence-electron chi connectivity index (χ2n) is 6.87. The lowest BCUT2D eigenvalue weighted by Gasteiger charge is -2.13. The first-order valence-electron chi connectivity index (χ1n) is 9.57. The van der Waals surface area contributed by atoms with Crippen LogP contribution in [0.25, 0.3) is 0 Å². The molecule has 30 heavy (non-hydrogen) atoms. The van der Waals surface area contributed by atoms with Gasteiger partial charge in [0.15, 0.2) is 6.29 Å². The summed E-state index contributed by atoms with van der Waals surface area (Å²) >= 11 is 0. The van der Waals surface area contributed by atoms with Crippen LogP contribution in [0.15, 0.2) is 54.6 Å². The molecule has 0 unspecified atom stereocenters. The van der Waals surface area contributed by atoms with Crippen molar-refractivity contribution in [1.29, 1.82) is 0 Å². The zero-order chi connectivity index (χ0) is 21.5. The van der Waals surface area contributed by atoms with E-state index in [0.717, 1.165) is 34.3 Å². The standard InChI is InChI=1S/C26H24O4/c1-18-12-21(13-19(2)26(18)30-17-20-8-6-5-7-9-20)10-11-22-14-23(28-3)15-25(29-4)24(22)16-27/h5-9,12-16H,17H2,1-4H3. The fourth-order valence-corrected chi connectivity index (χ4v) is 3.23. The highest BCUT2D eigenvalue weighted by molar-refractivity contribution is 5.84. The second kappa shape index (κ2) is 9.67. The average Bonchev–Trinajstić information content (AvgIpc) is 2.77. The van der Waals surface area contributed by atoms with Gasteiger partial charge in [-0.2, -0.15) is 0 Å². The molecule has 0 radical (unpaired) electrons. The van der Waals surface area contributed by atoms with Crippen molar-refractivity contribution in [3.63, 3.8) is 0 Å². The molecule has 4 heteroatoms. The van der Waals surface area contributed by atoms with Crippen molar-refractivity contribution in [3.05, 3.63) is 88.0 Å². The lowest BCUT2D eigenvalue weighted by Crippen LogP contribution is -1.99. The molecule has 0 bridgehead atoms. The van der Waals surface area contributed by atoms with Gasteiger partial charge in [-0.3, -0.25) is 4.79 Å². The summed E-state index contributed by atoms with van der Waals surface area (Å²) in [4.78, 5) is 11.6. The molecule has 0 aliphatic rings. The van der Waals surface area contributed by atoms with E-state index in [1.807, 2.05) is 56.3 Å². The summed E-state index contributed by atoms with van der Waals surface area (Å²) in [6, 6.07) is 17.4. The Balaban J connectivity index is 1.89. The number of aryl methyl sites for hydroxylation is 2. The van der Waals surface area contributed by atoms with Gasteiger partial charge in [0.2, 0.25) is 0 Å². The number of hydrogen-bond acceptors (Lipinski definition) is 4. The van der Waals surface area contributed by atoms with Gasteiger partial charge in [-0.15, -0.1) is 0 Å². The minimum Gasteiger partial charge on any atom is -0.497 e. The molecule has 3 aromatic rings. The maximum atomic E-state index is 11.6. The van der Waals surface area contributed by atoms with Crippen molar-refractivity contribution in [2.45, 2.75) is 20.5 Å². The molecule has 3 aromatic carbocycles. The third-order valence-electron chi connectivity index (χ3n) is 4.72. The number of aldehydes is 1. The van der Waals surface area contributed by atoms with E-state index in [4.69, 9.17) is 14.2 Å². The monoisotopic (exact) mass is 400 g/mol. The Bertz CT molecular complexity index is 1080. The van der Waals surface area contributed by atoms with Crippen LogP contribution in [-0.4, -0.2) is 20.5 Å². The van der Waals surface area contributed by atoms with Crippen LogP contribution in [0.3, 0.4) is 0 Å². The van der Waals surface area contributed by atoms with E-state index in [9.17, 15) is 4.79 Å². The maximum absolute atomic E-state index is 11.6. The summed E-state index contributed by atoms with van der Waals surface area (Å²) in [5, 5.41) is 0. The van der Waals surface area contributed by atoms with E-state index < -0.39 is 0 Å². The number of carbonyl (C=O) groups is 1. The summed E-state index contributed by atoms with van der Waals surface area (Å²) in [5.74, 6) is 8.11. The first kappa shape index (κ1) is 21.0. The predicted octanol–water partition coefficient (Wildman–Crippen LogP) is 5.11. The number of methoxy groups -OCH3 is 2. The van der Waals surface area contributed by atoms with Crippen LogP contribution in [0.2, 0.25) is 0 Å². The first-order chi connectivity index (χ1) is 14.5. The largest absolute Gasteiger partial charge is 0.497 e. The van der Waals surface area contributed by atoms with Crippen molar-refractivity contribution in [2.24, 2.45) is 0 Å². The molecule has 0 atom stereocenters.